The van der Waals surface area contributed by atoms with Gasteiger partial charge >= 0.3 is 5.97 Å². The number of aryl methyl sites for hydroxylation is 1. The third-order valence-corrected chi connectivity index (χ3v) is 7.79. The van der Waals surface area contributed by atoms with Gasteiger partial charge in [0, 0.05) is 17.1 Å². The molecule has 0 saturated heterocycles. The first-order valence-electron chi connectivity index (χ1n) is 11.7. The largest absolute Gasteiger partial charge is 0.481 e. The van der Waals surface area contributed by atoms with Gasteiger partial charge in [-0.2, -0.15) is 11.8 Å². The van der Waals surface area contributed by atoms with Crippen LogP contribution in [-0.4, -0.2) is 27.1 Å². The molecule has 6 heteroatoms. The molecular weight excluding hydrogens is 458 g/mol. The second kappa shape index (κ2) is 9.72. The van der Waals surface area contributed by atoms with E-state index in [2.05, 4.69) is 17.3 Å². The maximum Gasteiger partial charge on any atom is 0.314 e. The Morgan fingerprint density at radius 3 is 2.17 bits per heavy atom. The van der Waals surface area contributed by atoms with Gasteiger partial charge in [0.15, 0.2) is 5.76 Å². The first-order valence-corrected chi connectivity index (χ1v) is 12.8. The van der Waals surface area contributed by atoms with Crippen molar-refractivity contribution in [3.05, 3.63) is 101 Å². The van der Waals surface area contributed by atoms with E-state index in [1.807, 2.05) is 73.7 Å². The van der Waals surface area contributed by atoms with Gasteiger partial charge in [-0.1, -0.05) is 84.0 Å². The maximum atomic E-state index is 11.6. The fourth-order valence-electron chi connectivity index (χ4n) is 4.47. The summed E-state index contributed by atoms with van der Waals surface area (Å²) in [7, 11) is 0. The first-order chi connectivity index (χ1) is 17.0. The number of benzene rings is 3. The summed E-state index contributed by atoms with van der Waals surface area (Å²) in [6.07, 6.45) is 0.721. The topological polar surface area (TPSA) is 83.6 Å². The van der Waals surface area contributed by atoms with Crippen LogP contribution in [0.2, 0.25) is 0 Å². The van der Waals surface area contributed by atoms with Gasteiger partial charge in [0.25, 0.3) is 0 Å². The minimum absolute atomic E-state index is 0.548. The number of rotatable bonds is 9. The summed E-state index contributed by atoms with van der Waals surface area (Å²) in [6.45, 7) is 1.85. The molecule has 178 valence electrons. The van der Waals surface area contributed by atoms with Crippen LogP contribution in [0.25, 0.3) is 22.5 Å². The van der Waals surface area contributed by atoms with Crippen LogP contribution in [0.4, 0.5) is 0 Å². The van der Waals surface area contributed by atoms with E-state index in [0.29, 0.717) is 30.0 Å². The molecule has 0 radical (unpaired) electrons. The Morgan fingerprint density at radius 1 is 0.971 bits per heavy atom. The Morgan fingerprint density at radius 2 is 1.57 bits per heavy atom. The quantitative estimate of drug-likeness (QED) is 0.285. The van der Waals surface area contributed by atoms with E-state index >= 15 is 0 Å². The molecule has 1 aromatic heterocycles. The normalized spacial score (nSPS) is 15.0. The molecule has 0 unspecified atom stereocenters. The van der Waals surface area contributed by atoms with E-state index in [1.54, 1.807) is 11.8 Å². The average molecular weight is 486 g/mol. The van der Waals surface area contributed by atoms with Crippen molar-refractivity contribution in [2.45, 2.75) is 37.0 Å². The van der Waals surface area contributed by atoms with E-state index in [1.165, 1.54) is 5.56 Å². The molecule has 5 rings (SSSR count). The molecule has 1 saturated carbocycles. The van der Waals surface area contributed by atoms with Gasteiger partial charge in [-0.15, -0.1) is 0 Å². The zero-order valence-corrected chi connectivity index (χ0v) is 20.3. The molecule has 4 aromatic rings. The number of nitrogens with zero attached hydrogens (tertiary/aromatic N) is 1. The minimum atomic E-state index is -0.742. The molecule has 35 heavy (non-hydrogen) atoms. The lowest BCUT2D eigenvalue weighted by atomic mass is 9.93. The lowest BCUT2D eigenvalue weighted by Crippen LogP contribution is -2.19. The van der Waals surface area contributed by atoms with Crippen molar-refractivity contribution >= 4 is 17.7 Å². The van der Waals surface area contributed by atoms with Crippen molar-refractivity contribution in [1.82, 2.24) is 5.16 Å². The number of aliphatic hydroxyl groups is 1. The second-order valence-electron chi connectivity index (χ2n) is 9.07. The second-order valence-corrected chi connectivity index (χ2v) is 10.1. The molecule has 1 heterocycles. The smallest absolute Gasteiger partial charge is 0.314 e. The number of carbonyl (C=O) groups is 1. The van der Waals surface area contributed by atoms with Gasteiger partial charge in [-0.05, 0) is 42.0 Å². The van der Waals surface area contributed by atoms with Crippen molar-refractivity contribution < 1.29 is 19.5 Å². The highest BCUT2D eigenvalue weighted by molar-refractivity contribution is 7.98. The fourth-order valence-corrected chi connectivity index (χ4v) is 5.41. The standard InChI is InChI=1S/C29H27NO4S/c1-19-26(25(31)18-35-17-20-5-3-2-4-6-20)27(34-30-19)23-9-7-21(8-10-23)22-11-13-24(14-12-22)29(15-16-29)28(32)33/h2-14,25,31H,15-18H2,1H3,(H,32,33)/t25-/m1/s1. The van der Waals surface area contributed by atoms with Gasteiger partial charge in [0.1, 0.15) is 0 Å². The third-order valence-electron chi connectivity index (χ3n) is 6.71. The maximum absolute atomic E-state index is 11.6. The Labute approximate surface area is 208 Å². The number of hydrogen-bond acceptors (Lipinski definition) is 5. The summed E-state index contributed by atoms with van der Waals surface area (Å²) in [4.78, 5) is 11.6. The van der Waals surface area contributed by atoms with Crippen LogP contribution in [-0.2, 0) is 16.0 Å². The zero-order valence-electron chi connectivity index (χ0n) is 19.5. The van der Waals surface area contributed by atoms with Crippen LogP contribution in [0, 0.1) is 6.92 Å². The highest BCUT2D eigenvalue weighted by atomic mass is 32.2. The van der Waals surface area contributed by atoms with Crippen LogP contribution in [0.1, 0.15) is 41.3 Å². The number of aromatic nitrogens is 1. The Kier molecular flexibility index (Phi) is 6.50. The highest BCUT2D eigenvalue weighted by Gasteiger charge is 2.51. The summed E-state index contributed by atoms with van der Waals surface area (Å²) in [5.74, 6) is 1.23. The molecule has 1 aliphatic carbocycles. The zero-order chi connectivity index (χ0) is 24.4. The van der Waals surface area contributed by atoms with Gasteiger partial charge in [0.05, 0.1) is 22.8 Å². The van der Waals surface area contributed by atoms with E-state index < -0.39 is 17.5 Å². The molecule has 1 atom stereocenters. The van der Waals surface area contributed by atoms with Crippen molar-refractivity contribution in [1.29, 1.82) is 0 Å². The molecule has 0 bridgehead atoms. The van der Waals surface area contributed by atoms with Crippen LogP contribution in [0.5, 0.6) is 0 Å². The van der Waals surface area contributed by atoms with E-state index in [9.17, 15) is 15.0 Å². The Balaban J connectivity index is 1.29. The third kappa shape index (κ3) is 4.77. The van der Waals surface area contributed by atoms with Crippen LogP contribution < -0.4 is 0 Å². The number of aliphatic hydroxyl groups excluding tert-OH is 1. The number of carboxylic acid groups (broad SMARTS) is 1. The van der Waals surface area contributed by atoms with Crippen molar-refractivity contribution in [2.24, 2.45) is 0 Å². The number of thioether (sulfide) groups is 1. The van der Waals surface area contributed by atoms with Gasteiger partial charge in [0.2, 0.25) is 0 Å². The molecule has 2 N–H and O–H groups in total. The fraction of sp³-hybridized carbons (Fsp3) is 0.241. The summed E-state index contributed by atoms with van der Waals surface area (Å²) in [5, 5.41) is 24.5. The predicted octanol–water partition coefficient (Wildman–Crippen LogP) is 6.40. The van der Waals surface area contributed by atoms with E-state index in [-0.39, 0.29) is 0 Å². The van der Waals surface area contributed by atoms with Crippen molar-refractivity contribution in [2.75, 3.05) is 5.75 Å². The van der Waals surface area contributed by atoms with Gasteiger partial charge in [-0.3, -0.25) is 4.79 Å². The molecule has 1 aliphatic rings. The summed E-state index contributed by atoms with van der Waals surface area (Å²) >= 11 is 1.68. The SMILES string of the molecule is Cc1noc(-c2ccc(-c3ccc(C4(C(=O)O)CC4)cc3)cc2)c1[C@H](O)CSCc1ccccc1. The van der Waals surface area contributed by atoms with E-state index in [4.69, 9.17) is 4.52 Å². The lowest BCUT2D eigenvalue weighted by Gasteiger charge is -2.12. The summed E-state index contributed by atoms with van der Waals surface area (Å²) < 4.78 is 5.62. The summed E-state index contributed by atoms with van der Waals surface area (Å²) in [5.41, 5.74) is 5.73. The number of aliphatic carboxylic acids is 1. The highest BCUT2D eigenvalue weighted by Crippen LogP contribution is 2.48. The lowest BCUT2D eigenvalue weighted by molar-refractivity contribution is -0.140. The van der Waals surface area contributed by atoms with Gasteiger partial charge < -0.3 is 14.7 Å². The first kappa shape index (κ1) is 23.4. The minimum Gasteiger partial charge on any atom is -0.481 e. The molecule has 0 aliphatic heterocycles. The Hall–Kier alpha value is -3.35. The molecular formula is C29H27NO4S. The Bertz CT molecular complexity index is 1310. The molecule has 5 nitrogen and oxygen atoms in total. The molecule has 1 fully saturated rings. The van der Waals surface area contributed by atoms with Crippen molar-refractivity contribution in [3.8, 4) is 22.5 Å². The average Bonchev–Trinajstić information content (AvgIpc) is 3.61. The number of carboxylic acids is 1. The molecule has 0 amide bonds. The molecule has 3 aromatic carbocycles. The van der Waals surface area contributed by atoms with E-state index in [0.717, 1.165) is 33.6 Å². The summed E-state index contributed by atoms with van der Waals surface area (Å²) in [6, 6.07) is 26.0. The monoisotopic (exact) mass is 485 g/mol. The van der Waals surface area contributed by atoms with Crippen molar-refractivity contribution in [3.63, 3.8) is 0 Å². The predicted molar refractivity (Wildman–Crippen MR) is 138 cm³/mol. The number of hydrogen-bond donors (Lipinski definition) is 2. The van der Waals surface area contributed by atoms with Crippen LogP contribution in [0.15, 0.2) is 83.4 Å². The molecule has 0 spiro atoms. The van der Waals surface area contributed by atoms with Gasteiger partial charge in [-0.25, -0.2) is 0 Å². The van der Waals surface area contributed by atoms with Crippen LogP contribution in [0.3, 0.4) is 0 Å². The van der Waals surface area contributed by atoms with Crippen LogP contribution >= 0.6 is 11.8 Å².